The number of benzene rings is 2. The largest absolute Gasteiger partial charge is 0.497 e. The van der Waals surface area contributed by atoms with E-state index in [1.54, 1.807) is 42.5 Å². The van der Waals surface area contributed by atoms with E-state index in [1.807, 2.05) is 48.5 Å². The van der Waals surface area contributed by atoms with Gasteiger partial charge in [0.15, 0.2) is 0 Å². The minimum Gasteiger partial charge on any atom is -0.497 e. The molecule has 7 heteroatoms. The molecule has 1 fully saturated rings. The molecule has 1 aromatic heterocycles. The zero-order valence-corrected chi connectivity index (χ0v) is 18.0. The van der Waals surface area contributed by atoms with Crippen LogP contribution in [0.2, 0.25) is 0 Å². The molecule has 0 radical (unpaired) electrons. The second kappa shape index (κ2) is 10.1. The molecule has 7 nitrogen and oxygen atoms in total. The molecule has 0 bridgehead atoms. The molecule has 0 spiro atoms. The van der Waals surface area contributed by atoms with Crippen molar-refractivity contribution in [2.24, 2.45) is 0 Å². The first kappa shape index (κ1) is 21.5. The third-order valence-corrected chi connectivity index (χ3v) is 5.52. The van der Waals surface area contributed by atoms with Crippen LogP contribution in [0, 0.1) is 0 Å². The molecule has 32 heavy (non-hydrogen) atoms. The van der Waals surface area contributed by atoms with Crippen molar-refractivity contribution >= 4 is 23.2 Å². The molecule has 2 aromatic carbocycles. The number of rotatable bonds is 8. The lowest BCUT2D eigenvalue weighted by atomic mass is 10.1. The van der Waals surface area contributed by atoms with E-state index in [-0.39, 0.29) is 18.2 Å². The highest BCUT2D eigenvalue weighted by Crippen LogP contribution is 2.25. The summed E-state index contributed by atoms with van der Waals surface area (Å²) < 4.78 is 5.15. The van der Waals surface area contributed by atoms with Crippen molar-refractivity contribution in [3.05, 3.63) is 84.7 Å². The van der Waals surface area contributed by atoms with Gasteiger partial charge in [0.05, 0.1) is 26.2 Å². The van der Waals surface area contributed by atoms with Gasteiger partial charge in [-0.2, -0.15) is 0 Å². The fourth-order valence-electron chi connectivity index (χ4n) is 3.81. The van der Waals surface area contributed by atoms with E-state index in [9.17, 15) is 9.59 Å². The van der Waals surface area contributed by atoms with Gasteiger partial charge < -0.3 is 10.1 Å². The van der Waals surface area contributed by atoms with Crippen molar-refractivity contribution in [2.75, 3.05) is 30.5 Å². The van der Waals surface area contributed by atoms with Gasteiger partial charge in [-0.1, -0.05) is 24.3 Å². The zero-order chi connectivity index (χ0) is 22.3. The normalized spacial score (nSPS) is 16.2. The molecule has 1 unspecified atom stereocenters. The highest BCUT2D eigenvalue weighted by Gasteiger charge is 2.40. The first-order valence-corrected chi connectivity index (χ1v) is 10.6. The number of para-hydroxylation sites is 1. The van der Waals surface area contributed by atoms with Crippen LogP contribution in [0.25, 0.3) is 0 Å². The number of aromatic nitrogens is 1. The SMILES string of the molecule is COc1ccc(NC(=O)CC2C(=O)N(c3ccccc3)CN2CCc2ccccn2)cc1. The minimum atomic E-state index is -0.530. The number of ether oxygens (including phenoxy) is 1. The highest BCUT2D eigenvalue weighted by atomic mass is 16.5. The number of nitrogens with one attached hydrogen (secondary N) is 1. The van der Waals surface area contributed by atoms with Crippen LogP contribution in [0.5, 0.6) is 5.75 Å². The first-order valence-electron chi connectivity index (χ1n) is 10.6. The molecule has 0 saturated carbocycles. The van der Waals surface area contributed by atoms with Crippen molar-refractivity contribution in [3.8, 4) is 5.75 Å². The summed E-state index contributed by atoms with van der Waals surface area (Å²) in [6.07, 6.45) is 2.55. The van der Waals surface area contributed by atoms with E-state index < -0.39 is 6.04 Å². The molecule has 1 atom stereocenters. The maximum absolute atomic E-state index is 13.3. The van der Waals surface area contributed by atoms with Crippen molar-refractivity contribution in [3.63, 3.8) is 0 Å². The summed E-state index contributed by atoms with van der Waals surface area (Å²) in [6, 6.07) is 22.0. The average molecular weight is 431 g/mol. The quantitative estimate of drug-likeness (QED) is 0.593. The fraction of sp³-hybridized carbons (Fsp3) is 0.240. The van der Waals surface area contributed by atoms with Gasteiger partial charge in [-0.25, -0.2) is 0 Å². The minimum absolute atomic E-state index is 0.0675. The second-order valence-corrected chi connectivity index (χ2v) is 7.62. The summed E-state index contributed by atoms with van der Waals surface area (Å²) in [7, 11) is 1.59. The Labute approximate surface area is 187 Å². The van der Waals surface area contributed by atoms with Gasteiger partial charge in [-0.3, -0.25) is 24.4 Å². The lowest BCUT2D eigenvalue weighted by molar-refractivity contribution is -0.124. The van der Waals surface area contributed by atoms with E-state index in [4.69, 9.17) is 4.74 Å². The number of methoxy groups -OCH3 is 1. The molecule has 1 aliphatic rings. The van der Waals surface area contributed by atoms with Crippen LogP contribution in [-0.4, -0.2) is 48.1 Å². The molecule has 1 N–H and O–H groups in total. The third kappa shape index (κ3) is 5.12. The lowest BCUT2D eigenvalue weighted by Crippen LogP contribution is -2.38. The Bertz CT molecular complexity index is 1040. The Balaban J connectivity index is 1.47. The van der Waals surface area contributed by atoms with Gasteiger partial charge in [0.1, 0.15) is 5.75 Å². The number of nitrogens with zero attached hydrogens (tertiary/aromatic N) is 3. The Hall–Kier alpha value is -3.71. The molecule has 3 aromatic rings. The van der Waals surface area contributed by atoms with Crippen LogP contribution in [0.3, 0.4) is 0 Å². The highest BCUT2D eigenvalue weighted by molar-refractivity contribution is 6.03. The summed E-state index contributed by atoms with van der Waals surface area (Å²) in [5, 5.41) is 2.89. The monoisotopic (exact) mass is 430 g/mol. The zero-order valence-electron chi connectivity index (χ0n) is 18.0. The van der Waals surface area contributed by atoms with E-state index >= 15 is 0 Å². The molecule has 1 saturated heterocycles. The van der Waals surface area contributed by atoms with Gasteiger partial charge in [-0.05, 0) is 48.5 Å². The van der Waals surface area contributed by atoms with E-state index in [0.717, 1.165) is 11.4 Å². The summed E-state index contributed by atoms with van der Waals surface area (Å²) in [5.74, 6) is 0.446. The third-order valence-electron chi connectivity index (χ3n) is 5.52. The van der Waals surface area contributed by atoms with E-state index in [2.05, 4.69) is 15.2 Å². The van der Waals surface area contributed by atoms with Crippen LogP contribution < -0.4 is 15.0 Å². The smallest absolute Gasteiger partial charge is 0.246 e. The number of carbonyl (C=O) groups is 2. The Kier molecular flexibility index (Phi) is 6.77. The number of hydrogen-bond acceptors (Lipinski definition) is 5. The maximum Gasteiger partial charge on any atom is 0.246 e. The predicted octanol–water partition coefficient (Wildman–Crippen LogP) is 3.34. The predicted molar refractivity (Wildman–Crippen MR) is 123 cm³/mol. The summed E-state index contributed by atoms with van der Waals surface area (Å²) in [5.41, 5.74) is 2.46. The van der Waals surface area contributed by atoms with Crippen LogP contribution in [0.1, 0.15) is 12.1 Å². The van der Waals surface area contributed by atoms with Crippen LogP contribution >= 0.6 is 0 Å². The van der Waals surface area contributed by atoms with E-state index in [1.165, 1.54) is 0 Å². The lowest BCUT2D eigenvalue weighted by Gasteiger charge is -2.21. The standard InChI is InChI=1S/C25H26N4O3/c1-32-22-12-10-20(11-13-22)27-24(30)17-23-25(31)29(21-8-3-2-4-9-21)18-28(23)16-14-19-7-5-6-15-26-19/h2-13,15,23H,14,16-18H2,1H3,(H,27,30). The van der Waals surface area contributed by atoms with Crippen molar-refractivity contribution in [2.45, 2.75) is 18.9 Å². The van der Waals surface area contributed by atoms with Gasteiger partial charge in [0.2, 0.25) is 11.8 Å². The molecule has 1 aliphatic heterocycles. The first-order chi connectivity index (χ1) is 15.6. The van der Waals surface area contributed by atoms with Crippen molar-refractivity contribution in [1.29, 1.82) is 0 Å². The summed E-state index contributed by atoms with van der Waals surface area (Å²) in [4.78, 5) is 34.2. The van der Waals surface area contributed by atoms with E-state index in [0.29, 0.717) is 31.1 Å². The van der Waals surface area contributed by atoms with Gasteiger partial charge in [0, 0.05) is 36.2 Å². The molecular formula is C25H26N4O3. The van der Waals surface area contributed by atoms with Crippen LogP contribution in [0.4, 0.5) is 11.4 Å². The average Bonchev–Trinajstić information content (AvgIpc) is 3.14. The number of hydrogen-bond donors (Lipinski definition) is 1. The van der Waals surface area contributed by atoms with Gasteiger partial charge in [0.25, 0.3) is 0 Å². The number of carbonyl (C=O) groups excluding carboxylic acids is 2. The molecule has 0 aliphatic carbocycles. The number of amides is 2. The Morgan fingerprint density at radius 2 is 1.81 bits per heavy atom. The van der Waals surface area contributed by atoms with Crippen molar-refractivity contribution < 1.29 is 14.3 Å². The number of pyridine rings is 1. The van der Waals surface area contributed by atoms with Crippen LogP contribution in [0.15, 0.2) is 79.0 Å². The summed E-state index contributed by atoms with van der Waals surface area (Å²) in [6.45, 7) is 1.07. The second-order valence-electron chi connectivity index (χ2n) is 7.62. The number of anilines is 2. The topological polar surface area (TPSA) is 74.8 Å². The molecular weight excluding hydrogens is 404 g/mol. The van der Waals surface area contributed by atoms with Gasteiger partial charge >= 0.3 is 0 Å². The molecule has 164 valence electrons. The maximum atomic E-state index is 13.3. The fourth-order valence-corrected chi connectivity index (χ4v) is 3.81. The van der Waals surface area contributed by atoms with Crippen molar-refractivity contribution in [1.82, 2.24) is 9.88 Å². The van der Waals surface area contributed by atoms with Crippen LogP contribution in [-0.2, 0) is 16.0 Å². The Morgan fingerprint density at radius 1 is 1.06 bits per heavy atom. The Morgan fingerprint density at radius 3 is 2.50 bits per heavy atom. The summed E-state index contributed by atoms with van der Waals surface area (Å²) >= 11 is 0. The molecule has 2 heterocycles. The molecule has 2 amide bonds. The molecule has 4 rings (SSSR count). The van der Waals surface area contributed by atoms with Gasteiger partial charge in [-0.15, -0.1) is 0 Å².